The number of pyridine rings is 2. The Morgan fingerprint density at radius 2 is 1.39 bits per heavy atom. The second-order valence-electron chi connectivity index (χ2n) is 10.6. The molecule has 0 aliphatic carbocycles. The van der Waals surface area contributed by atoms with Gasteiger partial charge in [0.2, 0.25) is 0 Å². The second-order valence-corrected chi connectivity index (χ2v) is 10.6. The summed E-state index contributed by atoms with van der Waals surface area (Å²) >= 11 is 0. The van der Waals surface area contributed by atoms with Gasteiger partial charge in [0, 0.05) is 35.6 Å². The third-order valence-electron chi connectivity index (χ3n) is 8.09. The van der Waals surface area contributed by atoms with Crippen molar-refractivity contribution >= 4 is 39.2 Å². The molecule has 0 spiro atoms. The first-order valence-corrected chi connectivity index (χ1v) is 14.1. The summed E-state index contributed by atoms with van der Waals surface area (Å²) in [5.41, 5.74) is 3.68. The van der Waals surface area contributed by atoms with Crippen LogP contribution in [0.25, 0.3) is 38.6 Å². The van der Waals surface area contributed by atoms with Crippen molar-refractivity contribution in [3.8, 4) is 16.9 Å². The zero-order chi connectivity index (χ0) is 30.4. The van der Waals surface area contributed by atoms with E-state index in [1.165, 1.54) is 17.0 Å². The number of benzene rings is 4. The molecular formula is C35H24N4O5. The molecule has 9 heteroatoms. The topological polar surface area (TPSA) is 115 Å². The summed E-state index contributed by atoms with van der Waals surface area (Å²) < 4.78 is 1.64. The van der Waals surface area contributed by atoms with Crippen molar-refractivity contribution in [1.82, 2.24) is 14.5 Å². The predicted octanol–water partition coefficient (Wildman–Crippen LogP) is 6.34. The van der Waals surface area contributed by atoms with Gasteiger partial charge in [-0.25, -0.2) is 0 Å². The molecule has 0 unspecified atom stereocenters. The number of fused-ring (bicyclic) bond motifs is 3. The minimum atomic E-state index is -0.463. The average Bonchev–Trinajstić information content (AvgIpc) is 3.30. The van der Waals surface area contributed by atoms with Gasteiger partial charge in [0.25, 0.3) is 23.1 Å². The molecule has 7 rings (SSSR count). The summed E-state index contributed by atoms with van der Waals surface area (Å²) in [5, 5.41) is 13.6. The lowest BCUT2D eigenvalue weighted by Gasteiger charge is -2.22. The van der Waals surface area contributed by atoms with Gasteiger partial charge in [-0.1, -0.05) is 48.5 Å². The third kappa shape index (κ3) is 4.33. The fraction of sp³-hybridized carbons (Fsp3) is 0.0857. The number of carbonyl (C=O) groups is 2. The molecule has 0 bridgehead atoms. The van der Waals surface area contributed by atoms with Crippen LogP contribution in [0.3, 0.4) is 0 Å². The fourth-order valence-corrected chi connectivity index (χ4v) is 6.07. The highest BCUT2D eigenvalue weighted by molar-refractivity contribution is 6.21. The Labute approximate surface area is 250 Å². The zero-order valence-corrected chi connectivity index (χ0v) is 23.3. The van der Waals surface area contributed by atoms with Crippen LogP contribution in [-0.2, 0) is 6.42 Å². The maximum atomic E-state index is 14.3. The van der Waals surface area contributed by atoms with Crippen LogP contribution in [0.1, 0.15) is 32.7 Å². The molecule has 44 heavy (non-hydrogen) atoms. The fourth-order valence-electron chi connectivity index (χ4n) is 6.07. The van der Waals surface area contributed by atoms with Crippen LogP contribution >= 0.6 is 0 Å². The normalized spacial score (nSPS) is 12.7. The van der Waals surface area contributed by atoms with Crippen LogP contribution in [0.2, 0.25) is 0 Å². The Balaban J connectivity index is 1.41. The number of amides is 2. The number of rotatable bonds is 7. The Bertz CT molecular complexity index is 2160. The number of imide groups is 1. The van der Waals surface area contributed by atoms with Crippen LogP contribution < -0.4 is 5.56 Å². The quantitative estimate of drug-likeness (QED) is 0.124. The second kappa shape index (κ2) is 10.7. The molecular weight excluding hydrogens is 556 g/mol. The van der Waals surface area contributed by atoms with E-state index in [9.17, 15) is 24.5 Å². The highest BCUT2D eigenvalue weighted by Crippen LogP contribution is 2.34. The monoisotopic (exact) mass is 580 g/mol. The molecule has 1 aliphatic rings. The van der Waals surface area contributed by atoms with Gasteiger partial charge in [0.15, 0.2) is 0 Å². The Morgan fingerprint density at radius 3 is 2.09 bits per heavy atom. The highest BCUT2D eigenvalue weighted by Gasteiger charge is 2.34. The van der Waals surface area contributed by atoms with Crippen LogP contribution in [0.5, 0.6) is 0 Å². The molecule has 2 amide bonds. The zero-order valence-electron chi connectivity index (χ0n) is 23.3. The smallest absolute Gasteiger partial charge is 0.269 e. The van der Waals surface area contributed by atoms with E-state index >= 15 is 0 Å². The lowest BCUT2D eigenvalue weighted by atomic mass is 9.95. The molecule has 3 heterocycles. The number of non-ortho nitro benzene ring substituents is 1. The number of nitro benzene ring substituents is 1. The number of hydrogen-bond acceptors (Lipinski definition) is 6. The van der Waals surface area contributed by atoms with Crippen LogP contribution in [0.4, 0.5) is 5.69 Å². The average molecular weight is 581 g/mol. The van der Waals surface area contributed by atoms with Gasteiger partial charge in [0.05, 0.1) is 32.9 Å². The molecule has 6 aromatic rings. The molecule has 0 saturated carbocycles. The highest BCUT2D eigenvalue weighted by atomic mass is 16.6. The molecule has 214 valence electrons. The van der Waals surface area contributed by atoms with Gasteiger partial charge in [-0.2, -0.15) is 0 Å². The van der Waals surface area contributed by atoms with Gasteiger partial charge in [-0.3, -0.25) is 38.9 Å². The molecule has 9 nitrogen and oxygen atoms in total. The first-order valence-electron chi connectivity index (χ1n) is 14.1. The van der Waals surface area contributed by atoms with E-state index in [1.807, 2.05) is 48.5 Å². The lowest BCUT2D eigenvalue weighted by Crippen LogP contribution is -2.31. The summed E-state index contributed by atoms with van der Waals surface area (Å²) in [7, 11) is 0. The van der Waals surface area contributed by atoms with Crippen molar-refractivity contribution in [3.05, 3.63) is 146 Å². The molecule has 0 saturated heterocycles. The summed E-state index contributed by atoms with van der Waals surface area (Å²) in [4.78, 5) is 57.3. The van der Waals surface area contributed by atoms with Crippen LogP contribution in [0, 0.1) is 10.1 Å². The SMILES string of the molecule is O=C1c2ccccc2C(=O)N1CCCc1c(-c2ccc([N+](=O)[O-])cc2)n(-c2cccc3cccnc23)c(=O)c2ccccc12. The van der Waals surface area contributed by atoms with Gasteiger partial charge in [0.1, 0.15) is 0 Å². The van der Waals surface area contributed by atoms with Crippen molar-refractivity contribution in [2.75, 3.05) is 6.54 Å². The molecule has 0 atom stereocenters. The molecule has 4 aromatic carbocycles. The van der Waals surface area contributed by atoms with Gasteiger partial charge in [-0.15, -0.1) is 0 Å². The van der Waals surface area contributed by atoms with E-state index in [2.05, 4.69) is 4.98 Å². The number of nitrogens with zero attached hydrogens (tertiary/aromatic N) is 4. The van der Waals surface area contributed by atoms with E-state index in [0.717, 1.165) is 16.3 Å². The Kier molecular flexibility index (Phi) is 6.55. The van der Waals surface area contributed by atoms with Crippen LogP contribution in [0.15, 0.2) is 114 Å². The Hall–Kier alpha value is -5.96. The third-order valence-corrected chi connectivity index (χ3v) is 8.09. The Morgan fingerprint density at radius 1 is 0.727 bits per heavy atom. The lowest BCUT2D eigenvalue weighted by molar-refractivity contribution is -0.384. The van der Waals surface area contributed by atoms with Crippen molar-refractivity contribution in [1.29, 1.82) is 0 Å². The molecule has 0 radical (unpaired) electrons. The first-order chi connectivity index (χ1) is 21.4. The van der Waals surface area contributed by atoms with Gasteiger partial charge < -0.3 is 0 Å². The standard InChI is InChI=1S/C35H24N4O5/c40-33-28-12-3-4-13-29(28)34(41)37(33)21-7-14-26-25-10-1-2-11-27(25)35(42)38(30-15-5-8-22-9-6-20-36-31(22)30)32(26)23-16-18-24(19-17-23)39(43)44/h1-6,8-13,15-20H,7,14,21H2. The number of carbonyl (C=O) groups excluding carboxylic acids is 2. The van der Waals surface area contributed by atoms with E-state index < -0.39 is 4.92 Å². The molecule has 2 aromatic heterocycles. The summed E-state index contributed by atoms with van der Waals surface area (Å²) in [6.07, 6.45) is 2.52. The van der Waals surface area contributed by atoms with Crippen LogP contribution in [-0.4, -0.2) is 37.7 Å². The van der Waals surface area contributed by atoms with Crippen molar-refractivity contribution in [2.45, 2.75) is 12.8 Å². The van der Waals surface area contributed by atoms with E-state index in [1.54, 1.807) is 53.2 Å². The molecule has 0 N–H and O–H groups in total. The van der Waals surface area contributed by atoms with Crippen molar-refractivity contribution in [3.63, 3.8) is 0 Å². The summed E-state index contributed by atoms with van der Waals surface area (Å²) in [6.45, 7) is 0.190. The maximum Gasteiger partial charge on any atom is 0.269 e. The number of para-hydroxylation sites is 1. The number of aryl methyl sites for hydroxylation is 1. The molecule has 0 fully saturated rings. The van der Waals surface area contributed by atoms with Crippen molar-refractivity contribution in [2.24, 2.45) is 0 Å². The van der Waals surface area contributed by atoms with E-state index in [4.69, 9.17) is 0 Å². The summed E-state index contributed by atoms with van der Waals surface area (Å²) in [5.74, 6) is -0.643. The maximum absolute atomic E-state index is 14.3. The first kappa shape index (κ1) is 26.9. The van der Waals surface area contributed by atoms with Gasteiger partial charge in [-0.05, 0) is 71.8 Å². The molecule has 1 aliphatic heterocycles. The van der Waals surface area contributed by atoms with E-state index in [-0.39, 0.29) is 29.6 Å². The number of hydrogen-bond donors (Lipinski definition) is 0. The predicted molar refractivity (Wildman–Crippen MR) is 167 cm³/mol. The van der Waals surface area contributed by atoms with E-state index in [0.29, 0.717) is 51.8 Å². The summed E-state index contributed by atoms with van der Waals surface area (Å²) in [6, 6.07) is 29.6. The number of aromatic nitrogens is 2. The van der Waals surface area contributed by atoms with Gasteiger partial charge >= 0.3 is 0 Å². The minimum Gasteiger partial charge on any atom is -0.274 e. The number of nitro groups is 1. The van der Waals surface area contributed by atoms with Crippen molar-refractivity contribution < 1.29 is 14.5 Å². The largest absolute Gasteiger partial charge is 0.274 e. The minimum absolute atomic E-state index is 0.0672.